The standard InChI is InChI=1S/C19H21N5O6/c25-19(21-8-7-20-16-3-1-2-4-18(16)24(28)29)15-13-14(23(26)27)5-6-17(15)22-9-11-30-12-10-22/h1-6,13,20H,7-12H2,(H,21,25). The van der Waals surface area contributed by atoms with Gasteiger partial charge in [0.05, 0.1) is 34.3 Å². The number of nitrogens with one attached hydrogen (secondary N) is 2. The molecule has 0 aliphatic carbocycles. The Balaban J connectivity index is 1.67. The first kappa shape index (κ1) is 21.0. The van der Waals surface area contributed by atoms with Gasteiger partial charge in [-0.15, -0.1) is 0 Å². The van der Waals surface area contributed by atoms with Gasteiger partial charge < -0.3 is 20.3 Å². The fraction of sp³-hybridized carbons (Fsp3) is 0.316. The van der Waals surface area contributed by atoms with Crippen molar-refractivity contribution in [1.29, 1.82) is 0 Å². The molecule has 1 aliphatic heterocycles. The molecule has 2 N–H and O–H groups in total. The maximum Gasteiger partial charge on any atom is 0.292 e. The van der Waals surface area contributed by atoms with Crippen LogP contribution in [0.15, 0.2) is 42.5 Å². The van der Waals surface area contributed by atoms with Crippen LogP contribution in [-0.2, 0) is 4.74 Å². The molecular weight excluding hydrogens is 394 g/mol. The lowest BCUT2D eigenvalue weighted by Gasteiger charge is -2.30. The number of benzene rings is 2. The number of carbonyl (C=O) groups is 1. The zero-order valence-electron chi connectivity index (χ0n) is 16.1. The number of rotatable bonds is 8. The Morgan fingerprint density at radius 3 is 2.47 bits per heavy atom. The van der Waals surface area contributed by atoms with E-state index in [1.165, 1.54) is 18.2 Å². The van der Waals surface area contributed by atoms with Crippen molar-refractivity contribution in [3.05, 3.63) is 68.3 Å². The first-order valence-corrected chi connectivity index (χ1v) is 9.34. The third kappa shape index (κ3) is 5.00. The van der Waals surface area contributed by atoms with Crippen LogP contribution >= 0.6 is 0 Å². The van der Waals surface area contributed by atoms with E-state index in [4.69, 9.17) is 4.74 Å². The molecule has 0 bridgehead atoms. The van der Waals surface area contributed by atoms with Gasteiger partial charge in [-0.05, 0) is 12.1 Å². The zero-order chi connectivity index (χ0) is 21.5. The number of nitrogens with zero attached hydrogens (tertiary/aromatic N) is 3. The van der Waals surface area contributed by atoms with Crippen LogP contribution in [0.25, 0.3) is 0 Å². The maximum atomic E-state index is 12.7. The third-order valence-corrected chi connectivity index (χ3v) is 4.61. The number of hydrogen-bond donors (Lipinski definition) is 2. The van der Waals surface area contributed by atoms with Gasteiger partial charge in [0, 0.05) is 44.4 Å². The summed E-state index contributed by atoms with van der Waals surface area (Å²) in [6, 6.07) is 10.4. The Morgan fingerprint density at radius 2 is 1.77 bits per heavy atom. The number of anilines is 2. The number of nitro groups is 2. The largest absolute Gasteiger partial charge is 0.378 e. The third-order valence-electron chi connectivity index (χ3n) is 4.61. The van der Waals surface area contributed by atoms with Crippen molar-refractivity contribution in [2.24, 2.45) is 0 Å². The van der Waals surface area contributed by atoms with E-state index < -0.39 is 15.8 Å². The topological polar surface area (TPSA) is 140 Å². The Labute approximate surface area is 171 Å². The van der Waals surface area contributed by atoms with Gasteiger partial charge in [-0.1, -0.05) is 12.1 Å². The van der Waals surface area contributed by atoms with E-state index in [1.807, 2.05) is 4.90 Å². The van der Waals surface area contributed by atoms with Gasteiger partial charge in [-0.3, -0.25) is 25.0 Å². The highest BCUT2D eigenvalue weighted by Crippen LogP contribution is 2.26. The molecule has 0 saturated carbocycles. The van der Waals surface area contributed by atoms with E-state index in [2.05, 4.69) is 10.6 Å². The smallest absolute Gasteiger partial charge is 0.292 e. The van der Waals surface area contributed by atoms with Crippen LogP contribution in [0.5, 0.6) is 0 Å². The van der Waals surface area contributed by atoms with Crippen molar-refractivity contribution >= 4 is 28.7 Å². The summed E-state index contributed by atoms with van der Waals surface area (Å²) in [5, 5.41) is 27.8. The molecule has 0 atom stereocenters. The predicted octanol–water partition coefficient (Wildman–Crippen LogP) is 2.18. The minimum atomic E-state index is -0.546. The van der Waals surface area contributed by atoms with Crippen molar-refractivity contribution in [2.75, 3.05) is 49.6 Å². The van der Waals surface area contributed by atoms with Gasteiger partial charge >= 0.3 is 0 Å². The molecule has 3 rings (SSSR count). The van der Waals surface area contributed by atoms with Crippen LogP contribution < -0.4 is 15.5 Å². The molecule has 1 amide bonds. The molecule has 30 heavy (non-hydrogen) atoms. The molecule has 1 saturated heterocycles. The summed E-state index contributed by atoms with van der Waals surface area (Å²) in [7, 11) is 0. The summed E-state index contributed by atoms with van der Waals surface area (Å²) in [6.45, 7) is 2.61. The minimum absolute atomic E-state index is 0.0582. The number of carbonyl (C=O) groups excluding carboxylic acids is 1. The highest BCUT2D eigenvalue weighted by Gasteiger charge is 2.22. The normalized spacial score (nSPS) is 13.5. The van der Waals surface area contributed by atoms with E-state index in [0.29, 0.717) is 37.7 Å². The fourth-order valence-electron chi connectivity index (χ4n) is 3.15. The lowest BCUT2D eigenvalue weighted by molar-refractivity contribution is -0.384. The summed E-state index contributed by atoms with van der Waals surface area (Å²) in [4.78, 5) is 35.9. The van der Waals surface area contributed by atoms with E-state index in [9.17, 15) is 25.0 Å². The van der Waals surface area contributed by atoms with Crippen LogP contribution in [0.1, 0.15) is 10.4 Å². The number of para-hydroxylation sites is 2. The monoisotopic (exact) mass is 415 g/mol. The second-order valence-corrected chi connectivity index (χ2v) is 6.51. The van der Waals surface area contributed by atoms with Gasteiger partial charge in [-0.25, -0.2) is 0 Å². The number of amides is 1. The molecule has 2 aromatic carbocycles. The van der Waals surface area contributed by atoms with Crippen LogP contribution in [0.4, 0.5) is 22.7 Å². The second-order valence-electron chi connectivity index (χ2n) is 6.51. The van der Waals surface area contributed by atoms with Crippen molar-refractivity contribution < 1.29 is 19.4 Å². The summed E-state index contributed by atoms with van der Waals surface area (Å²) < 4.78 is 5.32. The number of non-ortho nitro benzene ring substituents is 1. The molecule has 0 aromatic heterocycles. The van der Waals surface area contributed by atoms with Crippen molar-refractivity contribution in [3.63, 3.8) is 0 Å². The molecule has 1 fully saturated rings. The molecule has 1 heterocycles. The number of morpholine rings is 1. The zero-order valence-corrected chi connectivity index (χ0v) is 16.1. The molecule has 0 radical (unpaired) electrons. The Hall–Kier alpha value is -3.73. The van der Waals surface area contributed by atoms with Crippen LogP contribution in [-0.4, -0.2) is 55.1 Å². The Bertz CT molecular complexity index is 945. The van der Waals surface area contributed by atoms with Crippen molar-refractivity contribution in [1.82, 2.24) is 5.32 Å². The van der Waals surface area contributed by atoms with Crippen molar-refractivity contribution in [2.45, 2.75) is 0 Å². The Morgan fingerprint density at radius 1 is 1.03 bits per heavy atom. The van der Waals surface area contributed by atoms with Crippen molar-refractivity contribution in [3.8, 4) is 0 Å². The molecule has 0 spiro atoms. The highest BCUT2D eigenvalue weighted by atomic mass is 16.6. The number of hydrogen-bond acceptors (Lipinski definition) is 8. The molecule has 1 aliphatic rings. The van der Waals surface area contributed by atoms with Gasteiger partial charge in [0.1, 0.15) is 5.69 Å². The second kappa shape index (κ2) is 9.65. The predicted molar refractivity (Wildman–Crippen MR) is 110 cm³/mol. The van der Waals surface area contributed by atoms with Gasteiger partial charge in [0.15, 0.2) is 0 Å². The highest BCUT2D eigenvalue weighted by molar-refractivity contribution is 6.00. The number of ether oxygens (including phenoxy) is 1. The molecule has 0 unspecified atom stereocenters. The lowest BCUT2D eigenvalue weighted by Crippen LogP contribution is -2.38. The van der Waals surface area contributed by atoms with E-state index >= 15 is 0 Å². The summed E-state index contributed by atoms with van der Waals surface area (Å²) >= 11 is 0. The minimum Gasteiger partial charge on any atom is -0.378 e. The van der Waals surface area contributed by atoms with Gasteiger partial charge in [-0.2, -0.15) is 0 Å². The first-order chi connectivity index (χ1) is 14.5. The average molecular weight is 415 g/mol. The first-order valence-electron chi connectivity index (χ1n) is 9.34. The SMILES string of the molecule is O=C(NCCNc1ccccc1[N+](=O)[O-])c1cc([N+](=O)[O-])ccc1N1CCOCC1. The van der Waals surface area contributed by atoms with E-state index in [0.717, 1.165) is 0 Å². The van der Waals surface area contributed by atoms with Gasteiger partial charge in [0.2, 0.25) is 0 Å². The average Bonchev–Trinajstić information content (AvgIpc) is 2.76. The number of nitro benzene ring substituents is 2. The molecule has 2 aromatic rings. The summed E-state index contributed by atoms with van der Waals surface area (Å²) in [5.41, 5.74) is 0.929. The quantitative estimate of drug-likeness (QED) is 0.380. The maximum absolute atomic E-state index is 12.7. The molecular formula is C19H21N5O6. The van der Waals surface area contributed by atoms with Gasteiger partial charge in [0.25, 0.3) is 17.3 Å². The van der Waals surface area contributed by atoms with Crippen LogP contribution in [0, 0.1) is 20.2 Å². The molecule has 11 nitrogen and oxygen atoms in total. The molecule has 158 valence electrons. The molecule has 11 heteroatoms. The fourth-order valence-corrected chi connectivity index (χ4v) is 3.15. The lowest BCUT2D eigenvalue weighted by atomic mass is 10.1. The van der Waals surface area contributed by atoms with E-state index in [-0.39, 0.29) is 30.0 Å². The van der Waals surface area contributed by atoms with Crippen LogP contribution in [0.2, 0.25) is 0 Å². The Kier molecular flexibility index (Phi) is 6.75. The van der Waals surface area contributed by atoms with Crippen LogP contribution in [0.3, 0.4) is 0 Å². The summed E-state index contributed by atoms with van der Waals surface area (Å²) in [6.07, 6.45) is 0. The van der Waals surface area contributed by atoms with E-state index in [1.54, 1.807) is 24.3 Å². The summed E-state index contributed by atoms with van der Waals surface area (Å²) in [5.74, 6) is -0.454.